The minimum Gasteiger partial charge on any atom is -0.478 e. The topological polar surface area (TPSA) is 61.1 Å². The van der Waals surface area contributed by atoms with Gasteiger partial charge >= 0.3 is 5.97 Å². The van der Waals surface area contributed by atoms with Crippen molar-refractivity contribution in [3.63, 3.8) is 0 Å². The Kier molecular flexibility index (Phi) is 5.17. The molecule has 16 heavy (non-hydrogen) atoms. The maximum atomic E-state index is 10.8. The van der Waals surface area contributed by atoms with Crippen LogP contribution in [0.2, 0.25) is 5.02 Å². The van der Waals surface area contributed by atoms with Crippen LogP contribution in [-0.4, -0.2) is 16.8 Å². The molecule has 0 aliphatic heterocycles. The van der Waals surface area contributed by atoms with Gasteiger partial charge in [-0.15, -0.1) is 11.8 Å². The van der Waals surface area contributed by atoms with Gasteiger partial charge in [-0.1, -0.05) is 11.6 Å². The fourth-order valence-electron chi connectivity index (χ4n) is 1.10. The molecule has 0 aliphatic carbocycles. The lowest BCUT2D eigenvalue weighted by atomic mass is 10.2. The van der Waals surface area contributed by atoms with E-state index in [-0.39, 0.29) is 10.6 Å². The Bertz CT molecular complexity index is 428. The third-order valence-corrected chi connectivity index (χ3v) is 3.28. The van der Waals surface area contributed by atoms with E-state index in [9.17, 15) is 4.79 Å². The number of thioether (sulfide) groups is 1. The number of carboxylic acid groups (broad SMARTS) is 1. The molecule has 1 N–H and O–H groups in total. The van der Waals surface area contributed by atoms with Crippen LogP contribution in [0.4, 0.5) is 0 Å². The SMILES string of the molecule is N#CCCCSc1ccc(Cl)c(C(=O)O)c1. The highest BCUT2D eigenvalue weighted by Crippen LogP contribution is 2.25. The number of unbranched alkanes of at least 4 members (excludes halogenated alkanes) is 1. The van der Waals surface area contributed by atoms with Gasteiger partial charge in [0.25, 0.3) is 0 Å². The summed E-state index contributed by atoms with van der Waals surface area (Å²) >= 11 is 7.27. The van der Waals surface area contributed by atoms with E-state index in [4.69, 9.17) is 22.0 Å². The van der Waals surface area contributed by atoms with Gasteiger partial charge in [0.05, 0.1) is 16.7 Å². The van der Waals surface area contributed by atoms with Crippen LogP contribution in [0.3, 0.4) is 0 Å². The number of rotatable bonds is 5. The average molecular weight is 256 g/mol. The van der Waals surface area contributed by atoms with Crippen LogP contribution in [0.25, 0.3) is 0 Å². The molecule has 0 aromatic heterocycles. The van der Waals surface area contributed by atoms with E-state index >= 15 is 0 Å². The molecule has 0 spiro atoms. The molecule has 0 radical (unpaired) electrons. The minimum absolute atomic E-state index is 0.118. The Balaban J connectivity index is 2.65. The maximum Gasteiger partial charge on any atom is 0.337 e. The van der Waals surface area contributed by atoms with Gasteiger partial charge in [0.2, 0.25) is 0 Å². The van der Waals surface area contributed by atoms with Crippen LogP contribution >= 0.6 is 23.4 Å². The molecule has 0 fully saturated rings. The summed E-state index contributed by atoms with van der Waals surface area (Å²) in [6.45, 7) is 0. The quantitative estimate of drug-likeness (QED) is 0.647. The highest BCUT2D eigenvalue weighted by molar-refractivity contribution is 7.99. The molecule has 0 heterocycles. The summed E-state index contributed by atoms with van der Waals surface area (Å²) in [4.78, 5) is 11.7. The number of carboxylic acids is 1. The predicted octanol–water partition coefficient (Wildman–Crippen LogP) is 3.43. The first-order valence-corrected chi connectivity index (χ1v) is 6.04. The number of benzene rings is 1. The number of hydrogen-bond donors (Lipinski definition) is 1. The van der Waals surface area contributed by atoms with Crippen molar-refractivity contribution >= 4 is 29.3 Å². The second-order valence-corrected chi connectivity index (χ2v) is 4.63. The third kappa shape index (κ3) is 3.76. The Labute approximate surface area is 103 Å². The van der Waals surface area contributed by atoms with E-state index in [2.05, 4.69) is 6.07 Å². The Morgan fingerprint density at radius 3 is 2.94 bits per heavy atom. The summed E-state index contributed by atoms with van der Waals surface area (Å²) in [5.41, 5.74) is 0.118. The maximum absolute atomic E-state index is 10.8. The van der Waals surface area contributed by atoms with Gasteiger partial charge in [-0.3, -0.25) is 0 Å². The van der Waals surface area contributed by atoms with Crippen LogP contribution in [-0.2, 0) is 0 Å². The van der Waals surface area contributed by atoms with Crippen LogP contribution < -0.4 is 0 Å². The molecule has 0 aliphatic rings. The molecule has 5 heteroatoms. The molecule has 3 nitrogen and oxygen atoms in total. The van der Waals surface area contributed by atoms with E-state index in [1.165, 1.54) is 11.8 Å². The average Bonchev–Trinajstić information content (AvgIpc) is 2.26. The van der Waals surface area contributed by atoms with Crippen LogP contribution in [0.5, 0.6) is 0 Å². The van der Waals surface area contributed by atoms with Gasteiger partial charge in [-0.05, 0) is 30.4 Å². The summed E-state index contributed by atoms with van der Waals surface area (Å²) < 4.78 is 0. The second-order valence-electron chi connectivity index (χ2n) is 3.06. The Morgan fingerprint density at radius 2 is 2.31 bits per heavy atom. The number of nitrogens with zero attached hydrogens (tertiary/aromatic N) is 1. The van der Waals surface area contributed by atoms with E-state index in [1.807, 2.05) is 0 Å². The van der Waals surface area contributed by atoms with Gasteiger partial charge in [-0.25, -0.2) is 4.79 Å². The summed E-state index contributed by atoms with van der Waals surface area (Å²) in [5.74, 6) is -0.224. The zero-order chi connectivity index (χ0) is 12.0. The summed E-state index contributed by atoms with van der Waals surface area (Å²) in [6.07, 6.45) is 1.32. The first-order chi connectivity index (χ1) is 7.65. The lowest BCUT2D eigenvalue weighted by Gasteiger charge is -2.03. The number of halogens is 1. The van der Waals surface area contributed by atoms with Crippen molar-refractivity contribution in [2.75, 3.05) is 5.75 Å². The molecule has 84 valence electrons. The van der Waals surface area contributed by atoms with E-state index in [0.29, 0.717) is 6.42 Å². The van der Waals surface area contributed by atoms with E-state index in [0.717, 1.165) is 17.1 Å². The first-order valence-electron chi connectivity index (χ1n) is 4.67. The van der Waals surface area contributed by atoms with Gasteiger partial charge in [-0.2, -0.15) is 5.26 Å². The summed E-state index contributed by atoms with van der Waals surface area (Å²) in [6, 6.07) is 6.99. The molecule has 1 aromatic carbocycles. The molecular formula is C11H10ClNO2S. The molecule has 0 bridgehead atoms. The van der Waals surface area contributed by atoms with E-state index < -0.39 is 5.97 Å². The Hall–Kier alpha value is -1.18. The predicted molar refractivity (Wildman–Crippen MR) is 64.0 cm³/mol. The standard InChI is InChI=1S/C11H10ClNO2S/c12-10-4-3-8(7-9(10)11(14)15)16-6-2-1-5-13/h3-4,7H,1-2,6H2,(H,14,15). The molecule has 0 unspecified atom stereocenters. The molecule has 0 amide bonds. The van der Waals surface area contributed by atoms with Crippen molar-refractivity contribution in [3.8, 4) is 6.07 Å². The van der Waals surface area contributed by atoms with Crippen molar-refractivity contribution in [1.82, 2.24) is 0 Å². The molecule has 1 rings (SSSR count). The zero-order valence-corrected chi connectivity index (χ0v) is 10.0. The van der Waals surface area contributed by atoms with Gasteiger partial charge in [0, 0.05) is 11.3 Å². The fourth-order valence-corrected chi connectivity index (χ4v) is 2.19. The monoisotopic (exact) mass is 255 g/mol. The van der Waals surface area contributed by atoms with Crippen molar-refractivity contribution in [2.45, 2.75) is 17.7 Å². The lowest BCUT2D eigenvalue weighted by Crippen LogP contribution is -1.97. The highest BCUT2D eigenvalue weighted by atomic mass is 35.5. The van der Waals surface area contributed by atoms with Gasteiger partial charge < -0.3 is 5.11 Å². The molecule has 1 aromatic rings. The number of carbonyl (C=O) groups is 1. The summed E-state index contributed by atoms with van der Waals surface area (Å²) in [5, 5.41) is 17.5. The molecule has 0 saturated heterocycles. The van der Waals surface area contributed by atoms with E-state index in [1.54, 1.807) is 18.2 Å². The van der Waals surface area contributed by atoms with Crippen molar-refractivity contribution < 1.29 is 9.90 Å². The summed E-state index contributed by atoms with van der Waals surface area (Å²) in [7, 11) is 0. The largest absolute Gasteiger partial charge is 0.478 e. The second kappa shape index (κ2) is 6.41. The van der Waals surface area contributed by atoms with Crippen LogP contribution in [0.15, 0.2) is 23.1 Å². The Morgan fingerprint density at radius 1 is 1.56 bits per heavy atom. The molecule has 0 atom stereocenters. The van der Waals surface area contributed by atoms with Gasteiger partial charge in [0.15, 0.2) is 0 Å². The highest BCUT2D eigenvalue weighted by Gasteiger charge is 2.09. The van der Waals surface area contributed by atoms with Crippen LogP contribution in [0.1, 0.15) is 23.2 Å². The zero-order valence-electron chi connectivity index (χ0n) is 8.44. The number of hydrogen-bond acceptors (Lipinski definition) is 3. The number of nitriles is 1. The normalized spacial score (nSPS) is 9.75. The van der Waals surface area contributed by atoms with Crippen molar-refractivity contribution in [2.24, 2.45) is 0 Å². The van der Waals surface area contributed by atoms with Gasteiger partial charge in [0.1, 0.15) is 0 Å². The first kappa shape index (κ1) is 12.9. The molecule has 0 saturated carbocycles. The minimum atomic E-state index is -1.02. The van der Waals surface area contributed by atoms with Crippen LogP contribution in [0, 0.1) is 11.3 Å². The van der Waals surface area contributed by atoms with Crippen molar-refractivity contribution in [3.05, 3.63) is 28.8 Å². The van der Waals surface area contributed by atoms with Crippen molar-refractivity contribution in [1.29, 1.82) is 5.26 Å². The third-order valence-electron chi connectivity index (χ3n) is 1.87. The molecular weight excluding hydrogens is 246 g/mol. The fraction of sp³-hybridized carbons (Fsp3) is 0.273. The smallest absolute Gasteiger partial charge is 0.337 e. The number of aromatic carboxylic acids is 1. The lowest BCUT2D eigenvalue weighted by molar-refractivity contribution is 0.0697.